The second kappa shape index (κ2) is 4.35. The fourth-order valence-electron chi connectivity index (χ4n) is 1.45. The van der Waals surface area contributed by atoms with Crippen molar-refractivity contribution in [2.45, 2.75) is 27.3 Å². The predicted octanol–water partition coefficient (Wildman–Crippen LogP) is 2.61. The lowest BCUT2D eigenvalue weighted by Gasteiger charge is -2.06. The summed E-state index contributed by atoms with van der Waals surface area (Å²) in [4.78, 5) is 4.13. The third-order valence-electron chi connectivity index (χ3n) is 2.53. The minimum Gasteiger partial charge on any atom is -0.378 e. The van der Waals surface area contributed by atoms with Gasteiger partial charge in [0.05, 0.1) is 6.54 Å². The van der Waals surface area contributed by atoms with Crippen molar-refractivity contribution in [3.63, 3.8) is 0 Å². The highest BCUT2D eigenvalue weighted by atomic mass is 16.5. The molecule has 0 aliphatic carbocycles. The molecule has 0 spiro atoms. The van der Waals surface area contributed by atoms with E-state index >= 15 is 0 Å². The zero-order chi connectivity index (χ0) is 11.5. The van der Waals surface area contributed by atoms with Crippen molar-refractivity contribution in [2.75, 3.05) is 5.32 Å². The second-order valence-electron chi connectivity index (χ2n) is 3.88. The van der Waals surface area contributed by atoms with Gasteiger partial charge in [-0.3, -0.25) is 0 Å². The number of aryl methyl sites for hydroxylation is 3. The molecule has 1 N–H and O–H groups in total. The van der Waals surface area contributed by atoms with Gasteiger partial charge in [-0.2, -0.15) is 4.98 Å². The van der Waals surface area contributed by atoms with Crippen LogP contribution in [0, 0.1) is 20.8 Å². The van der Waals surface area contributed by atoms with Crippen molar-refractivity contribution >= 4 is 5.69 Å². The summed E-state index contributed by atoms with van der Waals surface area (Å²) in [6.07, 6.45) is 0. The molecule has 2 aromatic rings. The van der Waals surface area contributed by atoms with Crippen LogP contribution in [0.3, 0.4) is 0 Å². The first kappa shape index (κ1) is 10.7. The van der Waals surface area contributed by atoms with Crippen molar-refractivity contribution in [3.05, 3.63) is 41.0 Å². The number of nitrogens with zero attached hydrogens (tertiary/aromatic N) is 2. The average molecular weight is 217 g/mol. The molecule has 0 aliphatic heterocycles. The van der Waals surface area contributed by atoms with Gasteiger partial charge in [0.25, 0.3) is 0 Å². The molecular formula is C12H15N3O. The van der Waals surface area contributed by atoms with E-state index in [0.29, 0.717) is 18.3 Å². The number of aromatic nitrogens is 2. The predicted molar refractivity (Wildman–Crippen MR) is 62.3 cm³/mol. The molecule has 4 nitrogen and oxygen atoms in total. The Morgan fingerprint density at radius 1 is 1.19 bits per heavy atom. The lowest BCUT2D eigenvalue weighted by atomic mass is 10.1. The third-order valence-corrected chi connectivity index (χ3v) is 2.53. The summed E-state index contributed by atoms with van der Waals surface area (Å²) in [5, 5.41) is 7.08. The summed E-state index contributed by atoms with van der Waals surface area (Å²) < 4.78 is 4.89. The van der Waals surface area contributed by atoms with Crippen molar-refractivity contribution in [1.82, 2.24) is 10.1 Å². The van der Waals surface area contributed by atoms with E-state index in [-0.39, 0.29) is 0 Å². The molecule has 1 heterocycles. The SMILES string of the molecule is Cc1nc(CNc2ccc(C)c(C)c2)no1. The van der Waals surface area contributed by atoms with Gasteiger partial charge in [-0.05, 0) is 37.1 Å². The maximum atomic E-state index is 4.89. The van der Waals surface area contributed by atoms with Crippen LogP contribution in [0.2, 0.25) is 0 Å². The Balaban J connectivity index is 2.02. The largest absolute Gasteiger partial charge is 0.378 e. The van der Waals surface area contributed by atoms with E-state index in [1.54, 1.807) is 6.92 Å². The molecule has 0 fully saturated rings. The fraction of sp³-hybridized carbons (Fsp3) is 0.333. The van der Waals surface area contributed by atoms with Crippen LogP contribution in [-0.4, -0.2) is 10.1 Å². The Labute approximate surface area is 94.7 Å². The van der Waals surface area contributed by atoms with E-state index < -0.39 is 0 Å². The van der Waals surface area contributed by atoms with Gasteiger partial charge >= 0.3 is 0 Å². The Bertz CT molecular complexity index is 491. The topological polar surface area (TPSA) is 51.0 Å². The van der Waals surface area contributed by atoms with E-state index in [9.17, 15) is 0 Å². The lowest BCUT2D eigenvalue weighted by Crippen LogP contribution is -2.01. The summed E-state index contributed by atoms with van der Waals surface area (Å²) in [5.74, 6) is 1.27. The molecule has 0 aliphatic rings. The molecule has 0 amide bonds. The highest BCUT2D eigenvalue weighted by Gasteiger charge is 2.02. The average Bonchev–Trinajstić information content (AvgIpc) is 2.66. The van der Waals surface area contributed by atoms with Crippen LogP contribution in [0.25, 0.3) is 0 Å². The quantitative estimate of drug-likeness (QED) is 0.858. The lowest BCUT2D eigenvalue weighted by molar-refractivity contribution is 0.388. The van der Waals surface area contributed by atoms with Crippen LogP contribution >= 0.6 is 0 Å². The normalized spacial score (nSPS) is 10.4. The van der Waals surface area contributed by atoms with Crippen LogP contribution in [0.5, 0.6) is 0 Å². The Hall–Kier alpha value is -1.84. The molecular weight excluding hydrogens is 202 g/mol. The summed E-state index contributed by atoms with van der Waals surface area (Å²) in [6.45, 7) is 6.56. The molecule has 2 rings (SSSR count). The number of rotatable bonds is 3. The summed E-state index contributed by atoms with van der Waals surface area (Å²) in [5.41, 5.74) is 3.64. The third kappa shape index (κ3) is 2.39. The summed E-state index contributed by atoms with van der Waals surface area (Å²) in [7, 11) is 0. The van der Waals surface area contributed by atoms with Gasteiger partial charge in [0.1, 0.15) is 0 Å². The maximum absolute atomic E-state index is 4.89. The van der Waals surface area contributed by atoms with Crippen LogP contribution < -0.4 is 5.32 Å². The Morgan fingerprint density at radius 3 is 2.62 bits per heavy atom. The van der Waals surface area contributed by atoms with Gasteiger partial charge in [0, 0.05) is 12.6 Å². The van der Waals surface area contributed by atoms with Gasteiger partial charge < -0.3 is 9.84 Å². The van der Waals surface area contributed by atoms with Crippen LogP contribution in [-0.2, 0) is 6.54 Å². The van der Waals surface area contributed by atoms with E-state index in [0.717, 1.165) is 5.69 Å². The molecule has 4 heteroatoms. The molecule has 16 heavy (non-hydrogen) atoms. The zero-order valence-corrected chi connectivity index (χ0v) is 9.74. The number of nitrogens with one attached hydrogen (secondary N) is 1. The molecule has 0 bridgehead atoms. The van der Waals surface area contributed by atoms with E-state index in [1.165, 1.54) is 11.1 Å². The molecule has 0 atom stereocenters. The first-order valence-corrected chi connectivity index (χ1v) is 5.25. The van der Waals surface area contributed by atoms with E-state index in [1.807, 2.05) is 0 Å². The second-order valence-corrected chi connectivity index (χ2v) is 3.88. The molecule has 1 aromatic carbocycles. The summed E-state index contributed by atoms with van der Waals surface area (Å²) in [6, 6.07) is 6.26. The first-order chi connectivity index (χ1) is 7.65. The van der Waals surface area contributed by atoms with Crippen LogP contribution in [0.15, 0.2) is 22.7 Å². The number of benzene rings is 1. The number of anilines is 1. The summed E-state index contributed by atoms with van der Waals surface area (Å²) >= 11 is 0. The molecule has 84 valence electrons. The monoisotopic (exact) mass is 217 g/mol. The van der Waals surface area contributed by atoms with Crippen molar-refractivity contribution in [3.8, 4) is 0 Å². The van der Waals surface area contributed by atoms with Crippen molar-refractivity contribution in [1.29, 1.82) is 0 Å². The smallest absolute Gasteiger partial charge is 0.223 e. The van der Waals surface area contributed by atoms with E-state index in [4.69, 9.17) is 4.52 Å². The minimum atomic E-state index is 0.583. The molecule has 0 unspecified atom stereocenters. The van der Waals surface area contributed by atoms with Gasteiger partial charge in [-0.1, -0.05) is 11.2 Å². The van der Waals surface area contributed by atoms with Crippen LogP contribution in [0.4, 0.5) is 5.69 Å². The van der Waals surface area contributed by atoms with Gasteiger partial charge in [0.15, 0.2) is 5.82 Å². The number of hydrogen-bond acceptors (Lipinski definition) is 4. The van der Waals surface area contributed by atoms with Crippen LogP contribution in [0.1, 0.15) is 22.8 Å². The minimum absolute atomic E-state index is 0.583. The van der Waals surface area contributed by atoms with E-state index in [2.05, 4.69) is 47.5 Å². The maximum Gasteiger partial charge on any atom is 0.223 e. The fourth-order valence-corrected chi connectivity index (χ4v) is 1.45. The number of hydrogen-bond donors (Lipinski definition) is 1. The Kier molecular flexibility index (Phi) is 2.90. The molecule has 0 radical (unpaired) electrons. The van der Waals surface area contributed by atoms with Gasteiger partial charge in [-0.25, -0.2) is 0 Å². The molecule has 1 aromatic heterocycles. The van der Waals surface area contributed by atoms with Gasteiger partial charge in [-0.15, -0.1) is 0 Å². The highest BCUT2D eigenvalue weighted by molar-refractivity contribution is 5.47. The zero-order valence-electron chi connectivity index (χ0n) is 9.74. The highest BCUT2D eigenvalue weighted by Crippen LogP contribution is 2.14. The first-order valence-electron chi connectivity index (χ1n) is 5.25. The van der Waals surface area contributed by atoms with Crippen molar-refractivity contribution in [2.24, 2.45) is 0 Å². The van der Waals surface area contributed by atoms with Gasteiger partial charge in [0.2, 0.25) is 5.89 Å². The Morgan fingerprint density at radius 2 is 2.00 bits per heavy atom. The van der Waals surface area contributed by atoms with Crippen molar-refractivity contribution < 1.29 is 4.52 Å². The molecule has 0 saturated heterocycles. The standard InChI is InChI=1S/C12H15N3O/c1-8-4-5-11(6-9(8)2)13-7-12-14-10(3)16-15-12/h4-6,13H,7H2,1-3H3. The molecule has 0 saturated carbocycles.